The molecule has 1 heterocycles. The molecule has 2 N–H and O–H groups in total. The summed E-state index contributed by atoms with van der Waals surface area (Å²) in [5.74, 6) is 0. The highest BCUT2D eigenvalue weighted by atomic mass is 15.3. The Hall–Kier alpha value is -1.84. The highest BCUT2D eigenvalue weighted by molar-refractivity contribution is 5.41. The summed E-state index contributed by atoms with van der Waals surface area (Å²) in [4.78, 5) is 2.54. The predicted molar refractivity (Wildman–Crippen MR) is 87.9 cm³/mol. The number of nitrogens with zero attached hydrogens (tertiary/aromatic N) is 1. The van der Waals surface area contributed by atoms with E-state index in [4.69, 9.17) is 0 Å². The fourth-order valence-corrected chi connectivity index (χ4v) is 2.81. The van der Waals surface area contributed by atoms with Gasteiger partial charge in [0.05, 0.1) is 0 Å². The third-order valence-electron chi connectivity index (χ3n) is 3.90. The summed E-state index contributed by atoms with van der Waals surface area (Å²) in [5, 5.41) is 0. The molecule has 3 nitrogen and oxygen atoms in total. The van der Waals surface area contributed by atoms with Crippen LogP contribution in [-0.4, -0.2) is 18.0 Å². The number of para-hydroxylation sites is 1. The van der Waals surface area contributed by atoms with Crippen molar-refractivity contribution >= 4 is 5.69 Å². The Kier molecular flexibility index (Phi) is 4.87. The standard InChI is InChI=1S/C18H23N3/c1-2-9-18(10-3-1)20-19-14-16-7-6-8-17(13-16)15-21-11-4-5-12-21/h1-3,6-10,13,19-20H,4-5,11-12,14-15H2. The SMILES string of the molecule is c1ccc(NNCc2cccc(CN3CCCC3)c2)cc1. The van der Waals surface area contributed by atoms with E-state index >= 15 is 0 Å². The highest BCUT2D eigenvalue weighted by Crippen LogP contribution is 2.14. The number of nitrogens with one attached hydrogen (secondary N) is 2. The minimum absolute atomic E-state index is 0.822. The zero-order chi connectivity index (χ0) is 14.3. The lowest BCUT2D eigenvalue weighted by Gasteiger charge is -2.15. The van der Waals surface area contributed by atoms with Gasteiger partial charge in [0.25, 0.3) is 0 Å². The molecular weight excluding hydrogens is 258 g/mol. The largest absolute Gasteiger partial charge is 0.321 e. The van der Waals surface area contributed by atoms with E-state index in [1.54, 1.807) is 0 Å². The highest BCUT2D eigenvalue weighted by Gasteiger charge is 2.11. The van der Waals surface area contributed by atoms with E-state index < -0.39 is 0 Å². The zero-order valence-corrected chi connectivity index (χ0v) is 12.4. The topological polar surface area (TPSA) is 27.3 Å². The Morgan fingerprint density at radius 2 is 1.62 bits per heavy atom. The second kappa shape index (κ2) is 7.25. The first-order chi connectivity index (χ1) is 10.4. The van der Waals surface area contributed by atoms with Crippen molar-refractivity contribution in [3.05, 3.63) is 65.7 Å². The van der Waals surface area contributed by atoms with Gasteiger partial charge in [-0.05, 0) is 49.2 Å². The van der Waals surface area contributed by atoms with Crippen LogP contribution in [0.3, 0.4) is 0 Å². The van der Waals surface area contributed by atoms with Crippen molar-refractivity contribution in [2.45, 2.75) is 25.9 Å². The number of hydrazine groups is 1. The monoisotopic (exact) mass is 281 g/mol. The molecule has 110 valence electrons. The molecule has 1 saturated heterocycles. The molecule has 21 heavy (non-hydrogen) atoms. The predicted octanol–water partition coefficient (Wildman–Crippen LogP) is 3.40. The van der Waals surface area contributed by atoms with Crippen LogP contribution in [0.25, 0.3) is 0 Å². The number of hydrogen-bond donors (Lipinski definition) is 2. The molecule has 1 aliphatic rings. The number of anilines is 1. The van der Waals surface area contributed by atoms with Crippen LogP contribution in [0.15, 0.2) is 54.6 Å². The van der Waals surface area contributed by atoms with Gasteiger partial charge < -0.3 is 5.43 Å². The van der Waals surface area contributed by atoms with Gasteiger partial charge in [0.1, 0.15) is 0 Å². The van der Waals surface area contributed by atoms with E-state index in [-0.39, 0.29) is 0 Å². The number of hydrogen-bond acceptors (Lipinski definition) is 3. The fraction of sp³-hybridized carbons (Fsp3) is 0.333. The quantitative estimate of drug-likeness (QED) is 0.795. The van der Waals surface area contributed by atoms with E-state index in [9.17, 15) is 0 Å². The van der Waals surface area contributed by atoms with Crippen LogP contribution in [0.2, 0.25) is 0 Å². The molecule has 0 saturated carbocycles. The van der Waals surface area contributed by atoms with Gasteiger partial charge >= 0.3 is 0 Å². The Morgan fingerprint density at radius 1 is 0.857 bits per heavy atom. The molecule has 0 bridgehead atoms. The smallest absolute Gasteiger partial charge is 0.0487 e. The number of benzene rings is 2. The number of rotatable bonds is 6. The summed E-state index contributed by atoms with van der Waals surface area (Å²) in [6.07, 6.45) is 2.70. The van der Waals surface area contributed by atoms with Crippen molar-refractivity contribution in [3.8, 4) is 0 Å². The van der Waals surface area contributed by atoms with Crippen LogP contribution in [0.5, 0.6) is 0 Å². The first-order valence-corrected chi connectivity index (χ1v) is 7.74. The average molecular weight is 281 g/mol. The van der Waals surface area contributed by atoms with Gasteiger partial charge in [-0.1, -0.05) is 42.5 Å². The van der Waals surface area contributed by atoms with Crippen LogP contribution < -0.4 is 10.9 Å². The van der Waals surface area contributed by atoms with E-state index in [1.165, 1.54) is 37.1 Å². The molecule has 0 amide bonds. The van der Waals surface area contributed by atoms with Crippen LogP contribution in [0.4, 0.5) is 5.69 Å². The summed E-state index contributed by atoms with van der Waals surface area (Å²) in [6.45, 7) is 4.40. The fourth-order valence-electron chi connectivity index (χ4n) is 2.81. The molecule has 1 fully saturated rings. The van der Waals surface area contributed by atoms with Crippen molar-refractivity contribution in [3.63, 3.8) is 0 Å². The molecule has 3 rings (SSSR count). The lowest BCUT2D eigenvalue weighted by Crippen LogP contribution is -2.21. The average Bonchev–Trinajstić information content (AvgIpc) is 3.02. The van der Waals surface area contributed by atoms with Crippen molar-refractivity contribution in [2.24, 2.45) is 0 Å². The van der Waals surface area contributed by atoms with Gasteiger partial charge in [-0.2, -0.15) is 0 Å². The number of likely N-dealkylation sites (tertiary alicyclic amines) is 1. The van der Waals surface area contributed by atoms with Gasteiger partial charge in [-0.15, -0.1) is 0 Å². The molecule has 3 heteroatoms. The second-order valence-corrected chi connectivity index (χ2v) is 5.65. The van der Waals surface area contributed by atoms with E-state index in [0.29, 0.717) is 0 Å². The molecule has 0 spiro atoms. The van der Waals surface area contributed by atoms with Crippen molar-refractivity contribution in [1.29, 1.82) is 0 Å². The van der Waals surface area contributed by atoms with Crippen molar-refractivity contribution < 1.29 is 0 Å². The minimum Gasteiger partial charge on any atom is -0.321 e. The van der Waals surface area contributed by atoms with E-state index in [1.807, 2.05) is 18.2 Å². The normalized spacial score (nSPS) is 15.2. The maximum absolute atomic E-state index is 3.28. The maximum Gasteiger partial charge on any atom is 0.0487 e. The first kappa shape index (κ1) is 14.1. The van der Waals surface area contributed by atoms with Crippen LogP contribution in [0, 0.1) is 0 Å². The summed E-state index contributed by atoms with van der Waals surface area (Å²) in [5.41, 5.74) is 10.3. The third kappa shape index (κ3) is 4.31. The summed E-state index contributed by atoms with van der Waals surface area (Å²) >= 11 is 0. The molecule has 0 unspecified atom stereocenters. The van der Waals surface area contributed by atoms with Crippen LogP contribution >= 0.6 is 0 Å². The Balaban J connectivity index is 1.51. The lowest BCUT2D eigenvalue weighted by molar-refractivity contribution is 0.331. The Labute approximate surface area is 127 Å². The first-order valence-electron chi connectivity index (χ1n) is 7.74. The van der Waals surface area contributed by atoms with Gasteiger partial charge in [0, 0.05) is 18.8 Å². The third-order valence-corrected chi connectivity index (χ3v) is 3.90. The molecular formula is C18H23N3. The summed E-state index contributed by atoms with van der Waals surface area (Å²) < 4.78 is 0. The molecule has 0 atom stereocenters. The molecule has 2 aromatic rings. The zero-order valence-electron chi connectivity index (χ0n) is 12.4. The molecule has 0 aliphatic carbocycles. The lowest BCUT2D eigenvalue weighted by atomic mass is 10.1. The van der Waals surface area contributed by atoms with E-state index in [2.05, 4.69) is 52.1 Å². The Bertz CT molecular complexity index is 547. The van der Waals surface area contributed by atoms with Gasteiger partial charge in [0.2, 0.25) is 0 Å². The van der Waals surface area contributed by atoms with E-state index in [0.717, 1.165) is 18.8 Å². The van der Waals surface area contributed by atoms with Gasteiger partial charge in [-0.25, -0.2) is 5.43 Å². The molecule has 0 radical (unpaired) electrons. The summed E-state index contributed by atoms with van der Waals surface area (Å²) in [6, 6.07) is 19.0. The van der Waals surface area contributed by atoms with Gasteiger partial charge in [-0.3, -0.25) is 4.90 Å². The summed E-state index contributed by atoms with van der Waals surface area (Å²) in [7, 11) is 0. The minimum atomic E-state index is 0.822. The van der Waals surface area contributed by atoms with Crippen LogP contribution in [0.1, 0.15) is 24.0 Å². The molecule has 0 aromatic heterocycles. The van der Waals surface area contributed by atoms with Crippen molar-refractivity contribution in [1.82, 2.24) is 10.3 Å². The van der Waals surface area contributed by atoms with Crippen LogP contribution in [-0.2, 0) is 13.1 Å². The van der Waals surface area contributed by atoms with Crippen molar-refractivity contribution in [2.75, 3.05) is 18.5 Å². The molecule has 2 aromatic carbocycles. The molecule has 1 aliphatic heterocycles. The maximum atomic E-state index is 3.28. The van der Waals surface area contributed by atoms with Gasteiger partial charge in [0.15, 0.2) is 0 Å². The Morgan fingerprint density at radius 3 is 2.43 bits per heavy atom. The second-order valence-electron chi connectivity index (χ2n) is 5.65.